The number of anilines is 1. The lowest BCUT2D eigenvalue weighted by Crippen LogP contribution is -2.50. The molecule has 0 radical (unpaired) electrons. The first-order chi connectivity index (χ1) is 16.6. The lowest BCUT2D eigenvalue weighted by molar-refractivity contribution is -0.133. The Morgan fingerprint density at radius 1 is 0.971 bits per heavy atom. The van der Waals surface area contributed by atoms with Crippen LogP contribution in [0.2, 0.25) is 0 Å². The normalized spacial score (nSPS) is 15.0. The van der Waals surface area contributed by atoms with E-state index in [9.17, 15) is 4.79 Å². The molecule has 2 aromatic carbocycles. The number of carbonyl (C=O) groups is 1. The molecule has 0 aliphatic carbocycles. The second-order valence-corrected chi connectivity index (χ2v) is 8.69. The van der Waals surface area contributed by atoms with E-state index in [0.717, 1.165) is 39.9 Å². The van der Waals surface area contributed by atoms with Crippen molar-refractivity contribution >= 4 is 11.7 Å². The van der Waals surface area contributed by atoms with Gasteiger partial charge < -0.3 is 24.0 Å². The number of hydrogen-bond acceptors (Lipinski definition) is 7. The summed E-state index contributed by atoms with van der Waals surface area (Å²) < 4.78 is 16.7. The van der Waals surface area contributed by atoms with Crippen LogP contribution in [0.1, 0.15) is 25.3 Å². The van der Waals surface area contributed by atoms with E-state index in [1.54, 1.807) is 0 Å². The molecule has 1 fully saturated rings. The maximum atomic E-state index is 12.7. The van der Waals surface area contributed by atoms with Crippen LogP contribution in [0.25, 0.3) is 11.3 Å². The van der Waals surface area contributed by atoms with Crippen molar-refractivity contribution in [1.29, 1.82) is 0 Å². The van der Waals surface area contributed by atoms with E-state index in [2.05, 4.69) is 28.9 Å². The highest BCUT2D eigenvalue weighted by molar-refractivity contribution is 5.78. The van der Waals surface area contributed by atoms with Gasteiger partial charge in [0.25, 0.3) is 5.91 Å². The van der Waals surface area contributed by atoms with Crippen molar-refractivity contribution in [2.24, 2.45) is 0 Å². The molecule has 0 spiro atoms. The van der Waals surface area contributed by atoms with Gasteiger partial charge in [-0.15, -0.1) is 10.2 Å². The molecule has 8 nitrogen and oxygen atoms in total. The number of amides is 1. The summed E-state index contributed by atoms with van der Waals surface area (Å²) >= 11 is 0. The zero-order valence-corrected chi connectivity index (χ0v) is 19.4. The average molecular weight is 461 g/mol. The molecular formula is C26H28N4O4. The van der Waals surface area contributed by atoms with E-state index in [0.29, 0.717) is 32.1 Å². The maximum absolute atomic E-state index is 12.7. The minimum atomic E-state index is 0.00227. The monoisotopic (exact) mass is 460 g/mol. The summed E-state index contributed by atoms with van der Waals surface area (Å²) in [5.41, 5.74) is 2.82. The minimum absolute atomic E-state index is 0.00227. The van der Waals surface area contributed by atoms with Crippen molar-refractivity contribution in [3.8, 4) is 28.5 Å². The van der Waals surface area contributed by atoms with Crippen molar-refractivity contribution in [2.75, 3.05) is 44.5 Å². The van der Waals surface area contributed by atoms with E-state index in [4.69, 9.17) is 14.2 Å². The van der Waals surface area contributed by atoms with E-state index in [-0.39, 0.29) is 19.3 Å². The molecule has 34 heavy (non-hydrogen) atoms. The standard InChI is InChI=1S/C26H28N4O4/c1-18(2)20-5-3-4-6-22(20)32-16-26(31)30-13-11-29(12-14-30)25-10-8-21(27-28-25)19-7-9-23-24(15-19)34-17-33-23/h3-10,15,18H,11-14,16-17H2,1-2H3. The summed E-state index contributed by atoms with van der Waals surface area (Å²) in [6.45, 7) is 7.18. The summed E-state index contributed by atoms with van der Waals surface area (Å²) in [5, 5.41) is 8.82. The molecule has 0 atom stereocenters. The fraction of sp³-hybridized carbons (Fsp3) is 0.346. The SMILES string of the molecule is CC(C)c1ccccc1OCC(=O)N1CCN(c2ccc(-c3ccc4c(c3)OCO4)nn2)CC1. The van der Waals surface area contributed by atoms with Gasteiger partial charge in [-0.25, -0.2) is 0 Å². The van der Waals surface area contributed by atoms with Gasteiger partial charge in [-0.2, -0.15) is 0 Å². The molecule has 5 rings (SSSR count). The molecule has 2 aliphatic rings. The zero-order chi connectivity index (χ0) is 23.5. The number of carbonyl (C=O) groups excluding carboxylic acids is 1. The fourth-order valence-corrected chi connectivity index (χ4v) is 4.21. The van der Waals surface area contributed by atoms with Crippen LogP contribution in [-0.2, 0) is 4.79 Å². The van der Waals surface area contributed by atoms with E-state index in [1.807, 2.05) is 59.5 Å². The first-order valence-electron chi connectivity index (χ1n) is 11.6. The van der Waals surface area contributed by atoms with Gasteiger partial charge in [0.2, 0.25) is 6.79 Å². The van der Waals surface area contributed by atoms with Gasteiger partial charge in [0, 0.05) is 31.7 Å². The van der Waals surface area contributed by atoms with Gasteiger partial charge in [0.05, 0.1) is 5.69 Å². The first-order valence-corrected chi connectivity index (χ1v) is 11.6. The highest BCUT2D eigenvalue weighted by Gasteiger charge is 2.23. The van der Waals surface area contributed by atoms with Gasteiger partial charge in [-0.3, -0.25) is 4.79 Å². The van der Waals surface area contributed by atoms with Crippen molar-refractivity contribution in [3.05, 3.63) is 60.2 Å². The second kappa shape index (κ2) is 9.59. The quantitative estimate of drug-likeness (QED) is 0.555. The number of para-hydroxylation sites is 1. The van der Waals surface area contributed by atoms with Crippen LogP contribution >= 0.6 is 0 Å². The third-order valence-electron chi connectivity index (χ3n) is 6.17. The van der Waals surface area contributed by atoms with Crippen LogP contribution in [0, 0.1) is 0 Å². The number of benzene rings is 2. The number of nitrogens with zero attached hydrogens (tertiary/aromatic N) is 4. The summed E-state index contributed by atoms with van der Waals surface area (Å²) in [7, 11) is 0. The van der Waals surface area contributed by atoms with E-state index in [1.165, 1.54) is 0 Å². The number of hydrogen-bond donors (Lipinski definition) is 0. The van der Waals surface area contributed by atoms with Crippen molar-refractivity contribution in [1.82, 2.24) is 15.1 Å². The third kappa shape index (κ3) is 4.62. The fourth-order valence-electron chi connectivity index (χ4n) is 4.21. The van der Waals surface area contributed by atoms with Gasteiger partial charge >= 0.3 is 0 Å². The van der Waals surface area contributed by atoms with Crippen LogP contribution in [0.4, 0.5) is 5.82 Å². The van der Waals surface area contributed by atoms with E-state index >= 15 is 0 Å². The first kappa shape index (κ1) is 22.0. The van der Waals surface area contributed by atoms with Crippen molar-refractivity contribution in [3.63, 3.8) is 0 Å². The Labute approximate surface area is 199 Å². The summed E-state index contributed by atoms with van der Waals surface area (Å²) in [6, 6.07) is 17.6. The predicted octanol–water partition coefficient (Wildman–Crippen LogP) is 3.72. The average Bonchev–Trinajstić information content (AvgIpc) is 3.36. The molecular weight excluding hydrogens is 432 g/mol. The smallest absolute Gasteiger partial charge is 0.260 e. The van der Waals surface area contributed by atoms with Crippen LogP contribution < -0.4 is 19.1 Å². The number of ether oxygens (including phenoxy) is 3. The molecule has 1 aromatic heterocycles. The third-order valence-corrected chi connectivity index (χ3v) is 6.17. The number of rotatable bonds is 6. The van der Waals surface area contributed by atoms with E-state index < -0.39 is 0 Å². The van der Waals surface area contributed by atoms with Crippen LogP contribution in [0.3, 0.4) is 0 Å². The van der Waals surface area contributed by atoms with Crippen molar-refractivity contribution in [2.45, 2.75) is 19.8 Å². The number of piperazine rings is 1. The number of fused-ring (bicyclic) bond motifs is 1. The second-order valence-electron chi connectivity index (χ2n) is 8.69. The number of aromatic nitrogens is 2. The molecule has 1 amide bonds. The molecule has 3 aromatic rings. The minimum Gasteiger partial charge on any atom is -0.483 e. The Kier molecular flexibility index (Phi) is 6.20. The topological polar surface area (TPSA) is 77.0 Å². The Morgan fingerprint density at radius 3 is 2.53 bits per heavy atom. The molecule has 1 saturated heterocycles. The van der Waals surface area contributed by atoms with Crippen LogP contribution in [0.15, 0.2) is 54.6 Å². The Morgan fingerprint density at radius 2 is 1.76 bits per heavy atom. The van der Waals surface area contributed by atoms with Gasteiger partial charge in [0.15, 0.2) is 23.9 Å². The predicted molar refractivity (Wildman–Crippen MR) is 128 cm³/mol. The lowest BCUT2D eigenvalue weighted by atomic mass is 10.0. The molecule has 2 aliphatic heterocycles. The van der Waals surface area contributed by atoms with Gasteiger partial charge in [-0.1, -0.05) is 32.0 Å². The molecule has 0 saturated carbocycles. The molecule has 8 heteroatoms. The van der Waals surface area contributed by atoms with Crippen molar-refractivity contribution < 1.29 is 19.0 Å². The Bertz CT molecular complexity index is 1160. The summed E-state index contributed by atoms with van der Waals surface area (Å²) in [6.07, 6.45) is 0. The molecule has 0 N–H and O–H groups in total. The van der Waals surface area contributed by atoms with Crippen LogP contribution in [0.5, 0.6) is 17.2 Å². The highest BCUT2D eigenvalue weighted by Crippen LogP contribution is 2.35. The molecule has 0 bridgehead atoms. The molecule has 0 unspecified atom stereocenters. The summed E-state index contributed by atoms with van der Waals surface area (Å²) in [4.78, 5) is 16.7. The largest absolute Gasteiger partial charge is 0.483 e. The highest BCUT2D eigenvalue weighted by atomic mass is 16.7. The van der Waals surface area contributed by atoms with Gasteiger partial charge in [-0.05, 0) is 47.9 Å². The van der Waals surface area contributed by atoms with Gasteiger partial charge in [0.1, 0.15) is 5.75 Å². The zero-order valence-electron chi connectivity index (χ0n) is 19.4. The maximum Gasteiger partial charge on any atom is 0.260 e. The lowest BCUT2D eigenvalue weighted by Gasteiger charge is -2.35. The Hall–Kier alpha value is -3.81. The van der Waals surface area contributed by atoms with Crippen LogP contribution in [-0.4, -0.2) is 60.6 Å². The summed E-state index contributed by atoms with van der Waals surface area (Å²) in [5.74, 6) is 3.40. The molecule has 3 heterocycles. The Balaban J connectivity index is 1.15. The molecule has 176 valence electrons.